The average molecular weight is 271 g/mol. The topological polar surface area (TPSA) is 66.4 Å². The molecular formula is C13H15F2NO3. The van der Waals surface area contributed by atoms with Crippen LogP contribution in [-0.2, 0) is 4.79 Å². The van der Waals surface area contributed by atoms with E-state index in [0.717, 1.165) is 12.1 Å². The Balaban J connectivity index is 2.84. The van der Waals surface area contributed by atoms with Crippen molar-refractivity contribution in [1.82, 2.24) is 5.32 Å². The number of benzene rings is 1. The summed E-state index contributed by atoms with van der Waals surface area (Å²) in [6.45, 7) is 3.61. The van der Waals surface area contributed by atoms with Crippen molar-refractivity contribution in [3.63, 3.8) is 0 Å². The predicted octanol–water partition coefficient (Wildman–Crippen LogP) is 2.19. The van der Waals surface area contributed by atoms with Gasteiger partial charge in [-0.3, -0.25) is 4.79 Å². The van der Waals surface area contributed by atoms with Crippen molar-refractivity contribution in [3.05, 3.63) is 35.4 Å². The van der Waals surface area contributed by atoms with Crippen molar-refractivity contribution in [2.45, 2.75) is 26.3 Å². The molecule has 0 aliphatic heterocycles. The Hall–Kier alpha value is -1.98. The number of hydrogen-bond donors (Lipinski definition) is 2. The number of carboxylic acids is 1. The molecule has 0 heterocycles. The number of aliphatic carboxylic acids is 1. The highest BCUT2D eigenvalue weighted by atomic mass is 19.1. The average Bonchev–Trinajstić information content (AvgIpc) is 2.26. The summed E-state index contributed by atoms with van der Waals surface area (Å²) >= 11 is 0. The molecule has 6 heteroatoms. The van der Waals surface area contributed by atoms with E-state index in [1.165, 1.54) is 0 Å². The van der Waals surface area contributed by atoms with Crippen LogP contribution in [0.1, 0.15) is 30.6 Å². The lowest BCUT2D eigenvalue weighted by Crippen LogP contribution is -2.41. The Morgan fingerprint density at radius 3 is 2.42 bits per heavy atom. The van der Waals surface area contributed by atoms with E-state index in [4.69, 9.17) is 5.11 Å². The van der Waals surface area contributed by atoms with Gasteiger partial charge in [-0.1, -0.05) is 13.8 Å². The van der Waals surface area contributed by atoms with E-state index < -0.39 is 29.6 Å². The molecule has 0 fully saturated rings. The molecule has 2 N–H and O–H groups in total. The molecule has 19 heavy (non-hydrogen) atoms. The van der Waals surface area contributed by atoms with E-state index in [-0.39, 0.29) is 17.9 Å². The Morgan fingerprint density at radius 2 is 1.95 bits per heavy atom. The maximum Gasteiger partial charge on any atom is 0.326 e. The summed E-state index contributed by atoms with van der Waals surface area (Å²) in [5, 5.41) is 11.2. The third-order valence-electron chi connectivity index (χ3n) is 2.49. The Bertz CT molecular complexity index is 489. The van der Waals surface area contributed by atoms with Crippen molar-refractivity contribution in [2.75, 3.05) is 0 Å². The molecule has 0 saturated carbocycles. The standard InChI is InChI=1S/C13H15F2NO3/c1-7(2)5-11(13(18)19)16-12(17)9-4-3-8(14)6-10(9)15/h3-4,6-7,11H,5H2,1-2H3,(H,16,17)(H,18,19)/t11-/m1/s1. The van der Waals surface area contributed by atoms with E-state index >= 15 is 0 Å². The molecule has 1 amide bonds. The first-order chi connectivity index (χ1) is 8.81. The maximum absolute atomic E-state index is 13.4. The van der Waals surface area contributed by atoms with E-state index in [0.29, 0.717) is 6.07 Å². The minimum absolute atomic E-state index is 0.0551. The molecule has 0 unspecified atom stereocenters. The van der Waals surface area contributed by atoms with Gasteiger partial charge in [-0.2, -0.15) is 0 Å². The first-order valence-corrected chi connectivity index (χ1v) is 5.80. The third kappa shape index (κ3) is 4.31. The lowest BCUT2D eigenvalue weighted by atomic mass is 10.0. The van der Waals surface area contributed by atoms with Crippen molar-refractivity contribution in [1.29, 1.82) is 0 Å². The van der Waals surface area contributed by atoms with Gasteiger partial charge in [0.05, 0.1) is 5.56 Å². The first kappa shape index (κ1) is 15.1. The van der Waals surface area contributed by atoms with Crippen molar-refractivity contribution < 1.29 is 23.5 Å². The molecule has 4 nitrogen and oxygen atoms in total. The van der Waals surface area contributed by atoms with Gasteiger partial charge in [-0.25, -0.2) is 13.6 Å². The zero-order valence-electron chi connectivity index (χ0n) is 10.6. The second kappa shape index (κ2) is 6.26. The van der Waals surface area contributed by atoms with Crippen LogP contribution in [0.5, 0.6) is 0 Å². The molecule has 1 aromatic rings. The van der Waals surface area contributed by atoms with Crippen LogP contribution >= 0.6 is 0 Å². The summed E-state index contributed by atoms with van der Waals surface area (Å²) in [7, 11) is 0. The summed E-state index contributed by atoms with van der Waals surface area (Å²) in [4.78, 5) is 22.7. The normalized spacial score (nSPS) is 12.3. The minimum Gasteiger partial charge on any atom is -0.480 e. The van der Waals surface area contributed by atoms with Crippen LogP contribution in [0.3, 0.4) is 0 Å². The van der Waals surface area contributed by atoms with Gasteiger partial charge in [-0.15, -0.1) is 0 Å². The first-order valence-electron chi connectivity index (χ1n) is 5.80. The van der Waals surface area contributed by atoms with Crippen LogP contribution in [0.4, 0.5) is 8.78 Å². The van der Waals surface area contributed by atoms with E-state index in [9.17, 15) is 18.4 Å². The lowest BCUT2D eigenvalue weighted by molar-refractivity contribution is -0.139. The highest BCUT2D eigenvalue weighted by molar-refractivity contribution is 5.96. The van der Waals surface area contributed by atoms with Crippen molar-refractivity contribution >= 4 is 11.9 Å². The fourth-order valence-electron chi connectivity index (χ4n) is 1.60. The largest absolute Gasteiger partial charge is 0.480 e. The Labute approximate surface area is 109 Å². The number of halogens is 2. The van der Waals surface area contributed by atoms with Gasteiger partial charge in [0.2, 0.25) is 0 Å². The Kier molecular flexibility index (Phi) is 4.97. The summed E-state index contributed by atoms with van der Waals surface area (Å²) < 4.78 is 26.1. The number of amides is 1. The molecule has 1 atom stereocenters. The molecule has 0 bridgehead atoms. The fourth-order valence-corrected chi connectivity index (χ4v) is 1.60. The van der Waals surface area contributed by atoms with Crippen molar-refractivity contribution in [3.8, 4) is 0 Å². The fraction of sp³-hybridized carbons (Fsp3) is 0.385. The van der Waals surface area contributed by atoms with E-state index in [1.54, 1.807) is 13.8 Å². The van der Waals surface area contributed by atoms with Gasteiger partial charge in [0.15, 0.2) is 0 Å². The molecule has 1 rings (SSSR count). The van der Waals surface area contributed by atoms with Gasteiger partial charge in [0.1, 0.15) is 17.7 Å². The summed E-state index contributed by atoms with van der Waals surface area (Å²) in [5.41, 5.74) is -0.378. The van der Waals surface area contributed by atoms with Crippen LogP contribution in [0.15, 0.2) is 18.2 Å². The molecule has 0 radical (unpaired) electrons. The Morgan fingerprint density at radius 1 is 1.32 bits per heavy atom. The van der Waals surface area contributed by atoms with Crippen LogP contribution in [0.2, 0.25) is 0 Å². The summed E-state index contributed by atoms with van der Waals surface area (Å²) in [5.74, 6) is -3.83. The number of rotatable bonds is 5. The van der Waals surface area contributed by atoms with Crippen LogP contribution in [0.25, 0.3) is 0 Å². The second-order valence-electron chi connectivity index (χ2n) is 4.62. The number of carboxylic acid groups (broad SMARTS) is 1. The molecule has 0 aromatic heterocycles. The van der Waals surface area contributed by atoms with Gasteiger partial charge in [-0.05, 0) is 24.5 Å². The monoisotopic (exact) mass is 271 g/mol. The zero-order valence-corrected chi connectivity index (χ0v) is 10.6. The number of carbonyl (C=O) groups excluding carboxylic acids is 1. The van der Waals surface area contributed by atoms with E-state index in [1.807, 2.05) is 0 Å². The summed E-state index contributed by atoms with van der Waals surface area (Å²) in [6, 6.07) is 1.40. The summed E-state index contributed by atoms with van der Waals surface area (Å²) in [6.07, 6.45) is 0.226. The number of nitrogens with one attached hydrogen (secondary N) is 1. The highest BCUT2D eigenvalue weighted by Gasteiger charge is 2.23. The number of hydrogen-bond acceptors (Lipinski definition) is 2. The van der Waals surface area contributed by atoms with Crippen LogP contribution in [0, 0.1) is 17.6 Å². The molecule has 0 saturated heterocycles. The molecule has 0 aliphatic carbocycles. The second-order valence-corrected chi connectivity index (χ2v) is 4.62. The van der Waals surface area contributed by atoms with Gasteiger partial charge >= 0.3 is 5.97 Å². The maximum atomic E-state index is 13.4. The van der Waals surface area contributed by atoms with Gasteiger partial charge < -0.3 is 10.4 Å². The molecule has 0 spiro atoms. The number of carbonyl (C=O) groups is 2. The van der Waals surface area contributed by atoms with Crippen LogP contribution in [-0.4, -0.2) is 23.0 Å². The molecule has 104 valence electrons. The SMILES string of the molecule is CC(C)C[C@@H](NC(=O)c1ccc(F)cc1F)C(=O)O. The zero-order chi connectivity index (χ0) is 14.6. The minimum atomic E-state index is -1.19. The van der Waals surface area contributed by atoms with Crippen molar-refractivity contribution in [2.24, 2.45) is 5.92 Å². The lowest BCUT2D eigenvalue weighted by Gasteiger charge is -2.16. The predicted molar refractivity (Wildman–Crippen MR) is 64.7 cm³/mol. The molecular weight excluding hydrogens is 256 g/mol. The highest BCUT2D eigenvalue weighted by Crippen LogP contribution is 2.11. The van der Waals surface area contributed by atoms with Gasteiger partial charge in [0, 0.05) is 6.07 Å². The smallest absolute Gasteiger partial charge is 0.326 e. The molecule has 1 aromatic carbocycles. The third-order valence-corrected chi connectivity index (χ3v) is 2.49. The van der Waals surface area contributed by atoms with Crippen LogP contribution < -0.4 is 5.32 Å². The quantitative estimate of drug-likeness (QED) is 0.862. The van der Waals surface area contributed by atoms with E-state index in [2.05, 4.69) is 5.32 Å². The molecule has 0 aliphatic rings. The van der Waals surface area contributed by atoms with Gasteiger partial charge in [0.25, 0.3) is 5.91 Å².